The van der Waals surface area contributed by atoms with E-state index in [-0.39, 0.29) is 5.54 Å². The molecule has 1 saturated heterocycles. The average Bonchev–Trinajstić information content (AvgIpc) is 2.61. The van der Waals surface area contributed by atoms with Crippen LogP contribution in [0.4, 0.5) is 0 Å². The molecule has 0 radical (unpaired) electrons. The standard InChI is InChI=1S/C14H29NO/c1-6-7-11(2)13-12(8-9-16-13)10-15-14(3,4)5/h11-13,15H,6-10H2,1-5H3. The van der Waals surface area contributed by atoms with Crippen LogP contribution in [-0.2, 0) is 4.74 Å². The molecule has 0 aliphatic carbocycles. The molecule has 3 unspecified atom stereocenters. The van der Waals surface area contributed by atoms with Gasteiger partial charge in [-0.05, 0) is 39.5 Å². The number of hydrogen-bond donors (Lipinski definition) is 1. The first-order valence-electron chi connectivity index (χ1n) is 6.80. The third kappa shape index (κ3) is 4.42. The number of ether oxygens (including phenoxy) is 1. The van der Waals surface area contributed by atoms with E-state index in [1.54, 1.807) is 0 Å². The second-order valence-corrected chi connectivity index (χ2v) is 6.28. The van der Waals surface area contributed by atoms with Crippen LogP contribution >= 0.6 is 0 Å². The lowest BCUT2D eigenvalue weighted by atomic mass is 9.88. The van der Waals surface area contributed by atoms with Gasteiger partial charge in [-0.3, -0.25) is 0 Å². The average molecular weight is 227 g/mol. The van der Waals surface area contributed by atoms with Crippen molar-refractivity contribution in [3.8, 4) is 0 Å². The van der Waals surface area contributed by atoms with Crippen molar-refractivity contribution in [1.29, 1.82) is 0 Å². The summed E-state index contributed by atoms with van der Waals surface area (Å²) in [5.41, 5.74) is 0.223. The van der Waals surface area contributed by atoms with E-state index in [4.69, 9.17) is 4.74 Å². The SMILES string of the molecule is CCCC(C)C1OCCC1CNC(C)(C)C. The zero-order valence-electron chi connectivity index (χ0n) is 11.7. The van der Waals surface area contributed by atoms with Gasteiger partial charge in [-0.25, -0.2) is 0 Å². The van der Waals surface area contributed by atoms with Gasteiger partial charge in [-0.2, -0.15) is 0 Å². The second-order valence-electron chi connectivity index (χ2n) is 6.28. The maximum atomic E-state index is 5.91. The van der Waals surface area contributed by atoms with E-state index in [2.05, 4.69) is 39.9 Å². The highest BCUT2D eigenvalue weighted by atomic mass is 16.5. The Morgan fingerprint density at radius 1 is 1.38 bits per heavy atom. The fraction of sp³-hybridized carbons (Fsp3) is 1.00. The molecule has 0 spiro atoms. The van der Waals surface area contributed by atoms with Gasteiger partial charge in [0, 0.05) is 24.6 Å². The molecule has 0 bridgehead atoms. The van der Waals surface area contributed by atoms with E-state index in [1.807, 2.05) is 0 Å². The van der Waals surface area contributed by atoms with Crippen molar-refractivity contribution in [2.45, 2.75) is 65.5 Å². The molecule has 1 N–H and O–H groups in total. The fourth-order valence-corrected chi connectivity index (χ4v) is 2.56. The fourth-order valence-electron chi connectivity index (χ4n) is 2.56. The van der Waals surface area contributed by atoms with Crippen LogP contribution in [0.5, 0.6) is 0 Å². The molecule has 2 nitrogen and oxygen atoms in total. The van der Waals surface area contributed by atoms with E-state index in [9.17, 15) is 0 Å². The third-order valence-corrected chi connectivity index (χ3v) is 3.46. The largest absolute Gasteiger partial charge is 0.378 e. The normalized spacial score (nSPS) is 28.3. The van der Waals surface area contributed by atoms with Crippen molar-refractivity contribution >= 4 is 0 Å². The summed E-state index contributed by atoms with van der Waals surface area (Å²) in [5, 5.41) is 3.61. The molecule has 1 fully saturated rings. The first-order chi connectivity index (χ1) is 7.44. The van der Waals surface area contributed by atoms with E-state index in [1.165, 1.54) is 19.3 Å². The molecular weight excluding hydrogens is 198 g/mol. The van der Waals surface area contributed by atoms with Crippen LogP contribution in [-0.4, -0.2) is 24.8 Å². The van der Waals surface area contributed by atoms with Gasteiger partial charge in [0.2, 0.25) is 0 Å². The molecule has 0 aromatic rings. The molecule has 96 valence electrons. The Labute approximate surface area is 101 Å². The highest BCUT2D eigenvalue weighted by Crippen LogP contribution is 2.29. The summed E-state index contributed by atoms with van der Waals surface area (Å²) in [6.07, 6.45) is 4.26. The van der Waals surface area contributed by atoms with E-state index in [0.717, 1.165) is 13.2 Å². The minimum Gasteiger partial charge on any atom is -0.378 e. The van der Waals surface area contributed by atoms with Crippen LogP contribution in [0.1, 0.15) is 53.9 Å². The predicted octanol–water partition coefficient (Wildman–Crippen LogP) is 3.22. The molecule has 1 rings (SSSR count). The van der Waals surface area contributed by atoms with Crippen molar-refractivity contribution in [2.75, 3.05) is 13.2 Å². The van der Waals surface area contributed by atoms with Crippen LogP contribution in [0, 0.1) is 11.8 Å². The van der Waals surface area contributed by atoms with Crippen LogP contribution in [0.2, 0.25) is 0 Å². The first-order valence-corrected chi connectivity index (χ1v) is 6.80. The zero-order valence-corrected chi connectivity index (χ0v) is 11.7. The molecule has 1 heterocycles. The number of nitrogens with one attached hydrogen (secondary N) is 1. The summed E-state index contributed by atoms with van der Waals surface area (Å²) < 4.78 is 5.91. The predicted molar refractivity (Wildman–Crippen MR) is 69.7 cm³/mol. The minimum atomic E-state index is 0.223. The van der Waals surface area contributed by atoms with Crippen LogP contribution in [0.15, 0.2) is 0 Å². The zero-order chi connectivity index (χ0) is 12.2. The Morgan fingerprint density at radius 3 is 2.62 bits per heavy atom. The third-order valence-electron chi connectivity index (χ3n) is 3.46. The van der Waals surface area contributed by atoms with Gasteiger partial charge in [0.25, 0.3) is 0 Å². The van der Waals surface area contributed by atoms with Crippen LogP contribution in [0.3, 0.4) is 0 Å². The van der Waals surface area contributed by atoms with Crippen molar-refractivity contribution < 1.29 is 4.74 Å². The van der Waals surface area contributed by atoms with E-state index in [0.29, 0.717) is 17.9 Å². The Kier molecular flexibility index (Phi) is 5.26. The lowest BCUT2D eigenvalue weighted by molar-refractivity contribution is 0.0432. The minimum absolute atomic E-state index is 0.223. The summed E-state index contributed by atoms with van der Waals surface area (Å²) in [5.74, 6) is 1.42. The van der Waals surface area contributed by atoms with Crippen LogP contribution < -0.4 is 5.32 Å². The Morgan fingerprint density at radius 2 is 2.06 bits per heavy atom. The lowest BCUT2D eigenvalue weighted by Crippen LogP contribution is -2.42. The summed E-state index contributed by atoms with van der Waals surface area (Å²) >= 11 is 0. The molecule has 0 saturated carbocycles. The summed E-state index contributed by atoms with van der Waals surface area (Å²) in [4.78, 5) is 0. The number of hydrogen-bond acceptors (Lipinski definition) is 2. The summed E-state index contributed by atoms with van der Waals surface area (Å²) in [6, 6.07) is 0. The van der Waals surface area contributed by atoms with Gasteiger partial charge in [-0.15, -0.1) is 0 Å². The van der Waals surface area contributed by atoms with Gasteiger partial charge in [0.1, 0.15) is 0 Å². The highest BCUT2D eigenvalue weighted by molar-refractivity contribution is 4.84. The molecule has 1 aliphatic heterocycles. The van der Waals surface area contributed by atoms with E-state index >= 15 is 0 Å². The van der Waals surface area contributed by atoms with Gasteiger partial charge < -0.3 is 10.1 Å². The molecular formula is C14H29NO. The van der Waals surface area contributed by atoms with Crippen molar-refractivity contribution in [1.82, 2.24) is 5.32 Å². The monoisotopic (exact) mass is 227 g/mol. The molecule has 0 amide bonds. The smallest absolute Gasteiger partial charge is 0.0641 e. The van der Waals surface area contributed by atoms with Gasteiger partial charge >= 0.3 is 0 Å². The summed E-state index contributed by atoms with van der Waals surface area (Å²) in [7, 11) is 0. The molecule has 3 atom stereocenters. The van der Waals surface area contributed by atoms with Crippen molar-refractivity contribution in [3.05, 3.63) is 0 Å². The second kappa shape index (κ2) is 6.02. The molecule has 1 aliphatic rings. The molecule has 0 aromatic carbocycles. The van der Waals surface area contributed by atoms with Gasteiger partial charge in [-0.1, -0.05) is 20.3 Å². The molecule has 2 heteroatoms. The van der Waals surface area contributed by atoms with Crippen molar-refractivity contribution in [3.63, 3.8) is 0 Å². The topological polar surface area (TPSA) is 21.3 Å². The highest BCUT2D eigenvalue weighted by Gasteiger charge is 2.32. The maximum Gasteiger partial charge on any atom is 0.0641 e. The van der Waals surface area contributed by atoms with Crippen molar-refractivity contribution in [2.24, 2.45) is 11.8 Å². The Bertz CT molecular complexity index is 197. The quantitative estimate of drug-likeness (QED) is 0.778. The first kappa shape index (κ1) is 14.0. The molecule has 0 aromatic heterocycles. The molecule has 16 heavy (non-hydrogen) atoms. The summed E-state index contributed by atoms with van der Waals surface area (Å²) in [6.45, 7) is 13.3. The van der Waals surface area contributed by atoms with E-state index < -0.39 is 0 Å². The number of rotatable bonds is 5. The Hall–Kier alpha value is -0.0800. The van der Waals surface area contributed by atoms with Gasteiger partial charge in [0.05, 0.1) is 6.10 Å². The Balaban J connectivity index is 2.40. The van der Waals surface area contributed by atoms with Crippen LogP contribution in [0.25, 0.3) is 0 Å². The lowest BCUT2D eigenvalue weighted by Gasteiger charge is -2.28. The van der Waals surface area contributed by atoms with Gasteiger partial charge in [0.15, 0.2) is 0 Å². The maximum absolute atomic E-state index is 5.91.